The van der Waals surface area contributed by atoms with Crippen molar-refractivity contribution >= 4 is 40.8 Å². The fourth-order valence-corrected chi connectivity index (χ4v) is 2.46. The van der Waals surface area contributed by atoms with Crippen LogP contribution in [0.4, 0.5) is 0 Å². The maximum atomic E-state index is 12.1. The van der Waals surface area contributed by atoms with E-state index in [1.807, 2.05) is 6.92 Å². The maximum Gasteiger partial charge on any atom is 0.314 e. The van der Waals surface area contributed by atoms with Crippen molar-refractivity contribution < 1.29 is 19.1 Å². The summed E-state index contributed by atoms with van der Waals surface area (Å²) in [5.74, 6) is -0.989. The number of halogens is 2. The van der Waals surface area contributed by atoms with Crippen LogP contribution in [0, 0.1) is 5.92 Å². The Balaban J connectivity index is 2.68. The van der Waals surface area contributed by atoms with Crippen molar-refractivity contribution in [2.24, 2.45) is 11.0 Å². The van der Waals surface area contributed by atoms with Gasteiger partial charge in [-0.1, -0.05) is 30.1 Å². The first-order valence-electron chi connectivity index (χ1n) is 7.92. The summed E-state index contributed by atoms with van der Waals surface area (Å²) in [6.07, 6.45) is -0.311. The fourth-order valence-electron chi connectivity index (χ4n) is 2.00. The second-order valence-corrected chi connectivity index (χ2v) is 6.12. The Hall–Kier alpha value is -1.79. The lowest BCUT2D eigenvalue weighted by Gasteiger charge is -2.16. The van der Waals surface area contributed by atoms with Gasteiger partial charge in [0, 0.05) is 10.7 Å². The number of hydrogen-bond acceptors (Lipinski definition) is 5. The number of esters is 1. The Bertz CT molecular complexity index is 650. The lowest BCUT2D eigenvalue weighted by Crippen LogP contribution is -2.35. The molecule has 0 unspecified atom stereocenters. The molecule has 1 rings (SSSR count). The smallest absolute Gasteiger partial charge is 0.314 e. The van der Waals surface area contributed by atoms with E-state index in [1.165, 1.54) is 6.07 Å². The summed E-state index contributed by atoms with van der Waals surface area (Å²) in [5, 5.41) is 4.76. The van der Waals surface area contributed by atoms with E-state index in [9.17, 15) is 9.59 Å². The van der Waals surface area contributed by atoms with Crippen LogP contribution in [0.2, 0.25) is 10.0 Å². The molecule has 0 fully saturated rings. The van der Waals surface area contributed by atoms with Gasteiger partial charge in [0.05, 0.1) is 17.5 Å². The molecule has 0 aliphatic carbocycles. The highest BCUT2D eigenvalue weighted by Crippen LogP contribution is 2.28. The van der Waals surface area contributed by atoms with E-state index < -0.39 is 17.9 Å². The quantitative estimate of drug-likeness (QED) is 0.416. The molecule has 6 nitrogen and oxygen atoms in total. The van der Waals surface area contributed by atoms with Gasteiger partial charge in [0.15, 0.2) is 6.10 Å². The van der Waals surface area contributed by atoms with Gasteiger partial charge in [0.1, 0.15) is 5.75 Å². The zero-order valence-corrected chi connectivity index (χ0v) is 16.1. The van der Waals surface area contributed by atoms with E-state index >= 15 is 0 Å². The molecule has 1 aromatic rings. The Morgan fingerprint density at radius 3 is 2.52 bits per heavy atom. The van der Waals surface area contributed by atoms with Crippen LogP contribution in [0.1, 0.15) is 34.1 Å². The minimum atomic E-state index is -0.835. The molecule has 1 aromatic carbocycles. The van der Waals surface area contributed by atoms with Crippen LogP contribution in [-0.4, -0.2) is 30.3 Å². The highest BCUT2D eigenvalue weighted by Gasteiger charge is 2.22. The SMILES string of the molecule is CCOC(=O)[C@@H](CC)/C(C)=N/NC(=O)[C@@H](C)Oc1ccc(Cl)cc1Cl. The average Bonchev–Trinajstić information content (AvgIpc) is 2.56. The van der Waals surface area contributed by atoms with Crippen LogP contribution in [0.25, 0.3) is 0 Å². The van der Waals surface area contributed by atoms with Crippen LogP contribution in [0.5, 0.6) is 5.75 Å². The lowest BCUT2D eigenvalue weighted by atomic mass is 10.0. The number of rotatable bonds is 8. The molecular formula is C17H22Cl2N2O4. The van der Waals surface area contributed by atoms with E-state index in [1.54, 1.807) is 32.9 Å². The number of benzene rings is 1. The van der Waals surface area contributed by atoms with Gasteiger partial charge in [-0.25, -0.2) is 5.43 Å². The maximum absolute atomic E-state index is 12.1. The molecule has 0 aliphatic heterocycles. The van der Waals surface area contributed by atoms with Gasteiger partial charge in [-0.05, 0) is 45.4 Å². The predicted octanol–water partition coefficient (Wildman–Crippen LogP) is 3.84. The minimum Gasteiger partial charge on any atom is -0.479 e. The third-order valence-corrected chi connectivity index (χ3v) is 3.92. The summed E-state index contributed by atoms with van der Waals surface area (Å²) >= 11 is 11.8. The molecule has 1 N–H and O–H groups in total. The Morgan fingerprint density at radius 1 is 1.28 bits per heavy atom. The molecule has 25 heavy (non-hydrogen) atoms. The molecule has 1 amide bonds. The molecule has 0 radical (unpaired) electrons. The Labute approximate surface area is 157 Å². The molecule has 0 aromatic heterocycles. The Kier molecular flexibility index (Phi) is 8.72. The van der Waals surface area contributed by atoms with Gasteiger partial charge < -0.3 is 9.47 Å². The van der Waals surface area contributed by atoms with Gasteiger partial charge in [-0.3, -0.25) is 9.59 Å². The molecule has 0 saturated heterocycles. The Morgan fingerprint density at radius 2 is 1.96 bits per heavy atom. The van der Waals surface area contributed by atoms with Gasteiger partial charge in [-0.15, -0.1) is 0 Å². The van der Waals surface area contributed by atoms with Crippen molar-refractivity contribution in [3.8, 4) is 5.75 Å². The number of hydrogen-bond donors (Lipinski definition) is 1. The van der Waals surface area contributed by atoms with Gasteiger partial charge >= 0.3 is 5.97 Å². The van der Waals surface area contributed by atoms with Crippen LogP contribution in [0.15, 0.2) is 23.3 Å². The summed E-state index contributed by atoms with van der Waals surface area (Å²) in [6, 6.07) is 4.72. The normalized spacial score (nSPS) is 13.8. The highest BCUT2D eigenvalue weighted by atomic mass is 35.5. The van der Waals surface area contributed by atoms with E-state index in [2.05, 4.69) is 10.5 Å². The van der Waals surface area contributed by atoms with Crippen molar-refractivity contribution in [2.45, 2.75) is 40.2 Å². The first-order chi connectivity index (χ1) is 11.8. The van der Waals surface area contributed by atoms with Crippen LogP contribution < -0.4 is 10.2 Å². The lowest BCUT2D eigenvalue weighted by molar-refractivity contribution is -0.145. The summed E-state index contributed by atoms with van der Waals surface area (Å²) in [5.41, 5.74) is 2.86. The second-order valence-electron chi connectivity index (χ2n) is 5.28. The molecule has 0 saturated carbocycles. The van der Waals surface area contributed by atoms with Crippen molar-refractivity contribution in [3.63, 3.8) is 0 Å². The van der Waals surface area contributed by atoms with Crippen LogP contribution in [0.3, 0.4) is 0 Å². The number of carbonyl (C=O) groups excluding carboxylic acids is 2. The molecule has 138 valence electrons. The summed E-state index contributed by atoms with van der Waals surface area (Å²) in [6.45, 7) is 7.10. The minimum absolute atomic E-state index is 0.293. The number of carbonyl (C=O) groups is 2. The third kappa shape index (κ3) is 6.55. The fraction of sp³-hybridized carbons (Fsp3) is 0.471. The van der Waals surface area contributed by atoms with E-state index in [-0.39, 0.29) is 5.97 Å². The zero-order chi connectivity index (χ0) is 19.0. The summed E-state index contributed by atoms with van der Waals surface area (Å²) in [4.78, 5) is 23.9. The van der Waals surface area contributed by atoms with Gasteiger partial charge in [0.2, 0.25) is 0 Å². The van der Waals surface area contributed by atoms with Crippen molar-refractivity contribution in [1.82, 2.24) is 5.43 Å². The van der Waals surface area contributed by atoms with Crippen molar-refractivity contribution in [2.75, 3.05) is 6.61 Å². The highest BCUT2D eigenvalue weighted by molar-refractivity contribution is 6.35. The standard InChI is InChI=1S/C17H22Cl2N2O4/c1-5-13(17(23)24-6-2)10(3)20-21-16(22)11(4)25-15-8-7-12(18)9-14(15)19/h7-9,11,13H,5-6H2,1-4H3,(H,21,22)/b20-10+/t11-,13+/m1/s1. The van der Waals surface area contributed by atoms with Gasteiger partial charge in [-0.2, -0.15) is 5.10 Å². The van der Waals surface area contributed by atoms with Crippen LogP contribution >= 0.6 is 23.2 Å². The van der Waals surface area contributed by atoms with E-state index in [0.717, 1.165) is 0 Å². The van der Waals surface area contributed by atoms with Crippen LogP contribution in [-0.2, 0) is 14.3 Å². The summed E-state index contributed by atoms with van der Waals surface area (Å²) < 4.78 is 10.5. The first-order valence-corrected chi connectivity index (χ1v) is 8.68. The predicted molar refractivity (Wildman–Crippen MR) is 98.2 cm³/mol. The zero-order valence-electron chi connectivity index (χ0n) is 14.6. The number of nitrogens with zero attached hydrogens (tertiary/aromatic N) is 1. The molecule has 0 heterocycles. The van der Waals surface area contributed by atoms with E-state index in [0.29, 0.717) is 34.5 Å². The molecule has 0 spiro atoms. The average molecular weight is 389 g/mol. The number of hydrazone groups is 1. The number of amides is 1. The van der Waals surface area contributed by atoms with E-state index in [4.69, 9.17) is 32.7 Å². The number of nitrogens with one attached hydrogen (secondary N) is 1. The summed E-state index contributed by atoms with van der Waals surface area (Å²) in [7, 11) is 0. The molecular weight excluding hydrogens is 367 g/mol. The molecule has 2 atom stereocenters. The molecule has 0 aliphatic rings. The topological polar surface area (TPSA) is 77.0 Å². The van der Waals surface area contributed by atoms with Gasteiger partial charge in [0.25, 0.3) is 5.91 Å². The van der Waals surface area contributed by atoms with Crippen molar-refractivity contribution in [1.29, 1.82) is 0 Å². The molecule has 8 heteroatoms. The largest absolute Gasteiger partial charge is 0.479 e. The monoisotopic (exact) mass is 388 g/mol. The number of ether oxygens (including phenoxy) is 2. The molecule has 0 bridgehead atoms. The second kappa shape index (κ2) is 10.3. The first kappa shape index (κ1) is 21.3. The third-order valence-electron chi connectivity index (χ3n) is 3.39. The van der Waals surface area contributed by atoms with Crippen molar-refractivity contribution in [3.05, 3.63) is 28.2 Å².